The van der Waals surface area contributed by atoms with Crippen molar-refractivity contribution in [3.63, 3.8) is 0 Å². The Hall–Kier alpha value is -3.10. The first-order valence-corrected chi connectivity index (χ1v) is 7.44. The highest BCUT2D eigenvalue weighted by Crippen LogP contribution is 2.31. The third-order valence-corrected chi connectivity index (χ3v) is 3.70. The summed E-state index contributed by atoms with van der Waals surface area (Å²) in [7, 11) is 1.30. The summed E-state index contributed by atoms with van der Waals surface area (Å²) in [6, 6.07) is 7.33. The van der Waals surface area contributed by atoms with Crippen molar-refractivity contribution in [3.8, 4) is 5.75 Å². The Kier molecular flexibility index (Phi) is 5.49. The SMILES string of the molecule is COc1ccc([N+](=O)[O-])cc1C(=O)NC(C)c1cccc(C(F)(F)F)c1. The number of ether oxygens (including phenoxy) is 1. The smallest absolute Gasteiger partial charge is 0.416 e. The van der Waals surface area contributed by atoms with E-state index in [-0.39, 0.29) is 22.6 Å². The second-order valence-corrected chi connectivity index (χ2v) is 5.46. The van der Waals surface area contributed by atoms with E-state index in [1.807, 2.05) is 0 Å². The molecule has 0 aromatic heterocycles. The van der Waals surface area contributed by atoms with Crippen molar-refractivity contribution in [2.24, 2.45) is 0 Å². The summed E-state index contributed by atoms with van der Waals surface area (Å²) in [4.78, 5) is 22.6. The first-order valence-electron chi connectivity index (χ1n) is 7.44. The minimum absolute atomic E-state index is 0.0828. The number of nitro groups is 1. The number of hydrogen-bond acceptors (Lipinski definition) is 4. The molecule has 26 heavy (non-hydrogen) atoms. The Morgan fingerprint density at radius 2 is 1.92 bits per heavy atom. The monoisotopic (exact) mass is 368 g/mol. The molecule has 0 radical (unpaired) electrons. The van der Waals surface area contributed by atoms with Crippen molar-refractivity contribution >= 4 is 11.6 Å². The number of nitro benzene ring substituents is 1. The molecule has 6 nitrogen and oxygen atoms in total. The van der Waals surface area contributed by atoms with Crippen LogP contribution in [-0.2, 0) is 6.18 Å². The second kappa shape index (κ2) is 7.42. The molecule has 0 aliphatic rings. The summed E-state index contributed by atoms with van der Waals surface area (Å²) < 4.78 is 43.4. The molecule has 0 heterocycles. The van der Waals surface area contributed by atoms with Gasteiger partial charge in [-0.1, -0.05) is 12.1 Å². The van der Waals surface area contributed by atoms with Crippen LogP contribution in [0.5, 0.6) is 5.75 Å². The van der Waals surface area contributed by atoms with Gasteiger partial charge in [0.25, 0.3) is 11.6 Å². The summed E-state index contributed by atoms with van der Waals surface area (Å²) in [5, 5.41) is 13.4. The van der Waals surface area contributed by atoms with E-state index >= 15 is 0 Å². The van der Waals surface area contributed by atoms with Crippen molar-refractivity contribution in [1.29, 1.82) is 0 Å². The van der Waals surface area contributed by atoms with Crippen molar-refractivity contribution in [3.05, 3.63) is 69.3 Å². The van der Waals surface area contributed by atoms with E-state index in [9.17, 15) is 28.1 Å². The fraction of sp³-hybridized carbons (Fsp3) is 0.235. The van der Waals surface area contributed by atoms with Gasteiger partial charge in [0, 0.05) is 12.1 Å². The van der Waals surface area contributed by atoms with Gasteiger partial charge in [-0.15, -0.1) is 0 Å². The van der Waals surface area contributed by atoms with Crippen LogP contribution < -0.4 is 10.1 Å². The third kappa shape index (κ3) is 4.29. The van der Waals surface area contributed by atoms with Crippen LogP contribution >= 0.6 is 0 Å². The van der Waals surface area contributed by atoms with E-state index in [1.54, 1.807) is 0 Å². The minimum Gasteiger partial charge on any atom is -0.496 e. The van der Waals surface area contributed by atoms with Crippen LogP contribution in [0.1, 0.15) is 34.5 Å². The van der Waals surface area contributed by atoms with Gasteiger partial charge in [0.2, 0.25) is 0 Å². The number of methoxy groups -OCH3 is 1. The van der Waals surface area contributed by atoms with Gasteiger partial charge in [-0.25, -0.2) is 0 Å². The molecule has 0 saturated carbocycles. The number of hydrogen-bond donors (Lipinski definition) is 1. The van der Waals surface area contributed by atoms with Crippen molar-refractivity contribution in [2.45, 2.75) is 19.1 Å². The first kappa shape index (κ1) is 19.2. The summed E-state index contributed by atoms with van der Waals surface area (Å²) in [6.45, 7) is 1.51. The molecule has 0 fully saturated rings. The van der Waals surface area contributed by atoms with Gasteiger partial charge < -0.3 is 10.1 Å². The number of non-ortho nitro benzene ring substituents is 1. The average molecular weight is 368 g/mol. The fourth-order valence-corrected chi connectivity index (χ4v) is 2.33. The van der Waals surface area contributed by atoms with Gasteiger partial charge in [-0.05, 0) is 30.7 Å². The lowest BCUT2D eigenvalue weighted by Crippen LogP contribution is -2.27. The summed E-state index contributed by atoms with van der Waals surface area (Å²) in [6.07, 6.45) is -4.50. The van der Waals surface area contributed by atoms with Gasteiger partial charge in [0.15, 0.2) is 0 Å². The number of benzene rings is 2. The third-order valence-electron chi connectivity index (χ3n) is 3.70. The molecule has 0 saturated heterocycles. The molecular formula is C17H15F3N2O4. The standard InChI is InChI=1S/C17H15F3N2O4/c1-10(11-4-3-5-12(8-11)17(18,19)20)21-16(23)14-9-13(22(24)25)6-7-15(14)26-2/h3-10H,1-2H3,(H,21,23). The zero-order valence-corrected chi connectivity index (χ0v) is 13.8. The van der Waals surface area contributed by atoms with Crippen LogP contribution in [0.3, 0.4) is 0 Å². The van der Waals surface area contributed by atoms with Crippen molar-refractivity contribution < 1.29 is 27.6 Å². The maximum atomic E-state index is 12.8. The second-order valence-electron chi connectivity index (χ2n) is 5.46. The number of nitrogens with one attached hydrogen (secondary N) is 1. The average Bonchev–Trinajstić information content (AvgIpc) is 2.60. The van der Waals surface area contributed by atoms with E-state index in [0.29, 0.717) is 0 Å². The highest BCUT2D eigenvalue weighted by Gasteiger charge is 2.31. The predicted octanol–water partition coefficient (Wildman–Crippen LogP) is 4.11. The van der Waals surface area contributed by atoms with Crippen LogP contribution in [0, 0.1) is 10.1 Å². The van der Waals surface area contributed by atoms with E-state index in [1.165, 1.54) is 38.3 Å². The number of rotatable bonds is 5. The Morgan fingerprint density at radius 1 is 1.23 bits per heavy atom. The van der Waals surface area contributed by atoms with Crippen LogP contribution in [0.25, 0.3) is 0 Å². The quantitative estimate of drug-likeness (QED) is 0.636. The zero-order valence-electron chi connectivity index (χ0n) is 13.8. The molecule has 0 aliphatic heterocycles. The Balaban J connectivity index is 2.27. The lowest BCUT2D eigenvalue weighted by molar-refractivity contribution is -0.384. The van der Waals surface area contributed by atoms with Crippen molar-refractivity contribution in [1.82, 2.24) is 5.32 Å². The molecule has 0 spiro atoms. The molecular weight excluding hydrogens is 353 g/mol. The highest BCUT2D eigenvalue weighted by atomic mass is 19.4. The topological polar surface area (TPSA) is 81.5 Å². The van der Waals surface area contributed by atoms with Crippen LogP contribution in [0.4, 0.5) is 18.9 Å². The molecule has 138 valence electrons. The number of amides is 1. The largest absolute Gasteiger partial charge is 0.496 e. The van der Waals surface area contributed by atoms with Gasteiger partial charge >= 0.3 is 6.18 Å². The molecule has 2 aromatic rings. The van der Waals surface area contributed by atoms with E-state index in [2.05, 4.69) is 5.32 Å². The van der Waals surface area contributed by atoms with Crippen LogP contribution in [-0.4, -0.2) is 17.9 Å². The molecule has 9 heteroatoms. The summed E-state index contributed by atoms with van der Waals surface area (Å²) in [5.74, 6) is -0.584. The molecule has 0 bridgehead atoms. The predicted molar refractivity (Wildman–Crippen MR) is 87.0 cm³/mol. The molecule has 0 aliphatic carbocycles. The number of halogens is 3. The molecule has 1 N–H and O–H groups in total. The Labute approximate surface area is 146 Å². The van der Waals surface area contributed by atoms with Gasteiger partial charge in [-0.2, -0.15) is 13.2 Å². The highest BCUT2D eigenvalue weighted by molar-refractivity contribution is 5.97. The maximum absolute atomic E-state index is 12.8. The molecule has 1 amide bonds. The van der Waals surface area contributed by atoms with Gasteiger partial charge in [0.05, 0.1) is 29.2 Å². The van der Waals surface area contributed by atoms with E-state index in [0.717, 1.165) is 18.2 Å². The maximum Gasteiger partial charge on any atom is 0.416 e. The summed E-state index contributed by atoms with van der Waals surface area (Å²) >= 11 is 0. The number of alkyl halides is 3. The molecule has 1 atom stereocenters. The fourth-order valence-electron chi connectivity index (χ4n) is 2.33. The Morgan fingerprint density at radius 3 is 2.50 bits per heavy atom. The summed E-state index contributed by atoms with van der Waals surface area (Å²) in [5.41, 5.74) is -0.968. The van der Waals surface area contributed by atoms with E-state index < -0.39 is 28.6 Å². The molecule has 2 rings (SSSR count). The lowest BCUT2D eigenvalue weighted by atomic mass is 10.0. The molecule has 2 aromatic carbocycles. The molecule has 1 unspecified atom stereocenters. The number of carbonyl (C=O) groups is 1. The zero-order chi connectivity index (χ0) is 19.5. The lowest BCUT2D eigenvalue weighted by Gasteiger charge is -2.17. The minimum atomic E-state index is -4.50. The van der Waals surface area contributed by atoms with Gasteiger partial charge in [-0.3, -0.25) is 14.9 Å². The van der Waals surface area contributed by atoms with Crippen LogP contribution in [0.2, 0.25) is 0 Å². The van der Waals surface area contributed by atoms with Crippen molar-refractivity contribution in [2.75, 3.05) is 7.11 Å². The Bertz CT molecular complexity index is 837. The van der Waals surface area contributed by atoms with E-state index in [4.69, 9.17) is 4.74 Å². The van der Waals surface area contributed by atoms with Crippen LogP contribution in [0.15, 0.2) is 42.5 Å². The number of nitrogens with zero attached hydrogens (tertiary/aromatic N) is 1. The van der Waals surface area contributed by atoms with Gasteiger partial charge in [0.1, 0.15) is 5.75 Å². The first-order chi connectivity index (χ1) is 12.1. The number of carbonyl (C=O) groups excluding carboxylic acids is 1. The normalized spacial score (nSPS) is 12.3.